The Kier molecular flexibility index (Phi) is 2.95. The summed E-state index contributed by atoms with van der Waals surface area (Å²) in [5, 5.41) is 4.17. The van der Waals surface area contributed by atoms with Crippen LogP contribution in [-0.4, -0.2) is 16.9 Å². The topological polar surface area (TPSA) is 27.1 Å². The molecule has 0 unspecified atom stereocenters. The fraction of sp³-hybridized carbons (Fsp3) is 0.308. The number of hydrogen-bond donors (Lipinski definition) is 0. The van der Waals surface area contributed by atoms with Crippen LogP contribution in [0.2, 0.25) is 0 Å². The van der Waals surface area contributed by atoms with E-state index in [2.05, 4.69) is 30.2 Å². The molecule has 0 aliphatic heterocycles. The van der Waals surface area contributed by atoms with Gasteiger partial charge in [-0.05, 0) is 18.1 Å². The lowest BCUT2D eigenvalue weighted by Gasteiger charge is -2.08. The molecule has 0 fully saturated rings. The number of benzene rings is 1. The van der Waals surface area contributed by atoms with Crippen LogP contribution in [0.15, 0.2) is 30.6 Å². The van der Waals surface area contributed by atoms with Crippen molar-refractivity contribution in [1.82, 2.24) is 9.78 Å². The van der Waals surface area contributed by atoms with Gasteiger partial charge >= 0.3 is 0 Å². The molecule has 2 aromatic rings. The zero-order valence-electron chi connectivity index (χ0n) is 9.90. The number of hydrogen-bond acceptors (Lipinski definition) is 2. The highest BCUT2D eigenvalue weighted by atomic mass is 16.5. The van der Waals surface area contributed by atoms with Crippen LogP contribution < -0.4 is 4.74 Å². The van der Waals surface area contributed by atoms with Gasteiger partial charge in [0.2, 0.25) is 0 Å². The second-order valence-electron chi connectivity index (χ2n) is 3.79. The lowest BCUT2D eigenvalue weighted by atomic mass is 10.0. The molecule has 16 heavy (non-hydrogen) atoms. The predicted molar refractivity (Wildman–Crippen MR) is 64.6 cm³/mol. The number of aryl methyl sites for hydroxylation is 2. The molecule has 2 rings (SSSR count). The van der Waals surface area contributed by atoms with Crippen LogP contribution >= 0.6 is 0 Å². The standard InChI is InChI=1S/C13H16N2O/c1-4-10-5-6-12(13(7-10)16-3)11-8-14-15(2)9-11/h5-9H,4H2,1-3H3. The Labute approximate surface area is 95.7 Å². The number of methoxy groups -OCH3 is 1. The summed E-state index contributed by atoms with van der Waals surface area (Å²) in [6, 6.07) is 6.31. The van der Waals surface area contributed by atoms with Gasteiger partial charge in [-0.2, -0.15) is 5.10 Å². The van der Waals surface area contributed by atoms with E-state index >= 15 is 0 Å². The van der Waals surface area contributed by atoms with E-state index in [1.807, 2.05) is 19.4 Å². The van der Waals surface area contributed by atoms with E-state index in [4.69, 9.17) is 4.74 Å². The minimum absolute atomic E-state index is 0.910. The first-order valence-electron chi connectivity index (χ1n) is 5.40. The van der Waals surface area contributed by atoms with Gasteiger partial charge in [-0.15, -0.1) is 0 Å². The molecule has 1 aromatic carbocycles. The second kappa shape index (κ2) is 4.39. The van der Waals surface area contributed by atoms with Gasteiger partial charge in [-0.1, -0.05) is 19.1 Å². The molecule has 3 heteroatoms. The zero-order valence-corrected chi connectivity index (χ0v) is 9.90. The Hall–Kier alpha value is -1.77. The fourth-order valence-electron chi connectivity index (χ4n) is 1.75. The zero-order chi connectivity index (χ0) is 11.5. The first-order valence-corrected chi connectivity index (χ1v) is 5.40. The monoisotopic (exact) mass is 216 g/mol. The number of rotatable bonds is 3. The maximum Gasteiger partial charge on any atom is 0.127 e. The van der Waals surface area contributed by atoms with Crippen LogP contribution in [0.25, 0.3) is 11.1 Å². The summed E-state index contributed by atoms with van der Waals surface area (Å²) in [7, 11) is 3.62. The molecule has 0 spiro atoms. The van der Waals surface area contributed by atoms with E-state index in [9.17, 15) is 0 Å². The third-order valence-corrected chi connectivity index (χ3v) is 2.69. The van der Waals surface area contributed by atoms with Gasteiger partial charge in [-0.25, -0.2) is 0 Å². The highest BCUT2D eigenvalue weighted by Crippen LogP contribution is 2.30. The van der Waals surface area contributed by atoms with Crippen LogP contribution in [0.5, 0.6) is 5.75 Å². The molecule has 0 atom stereocenters. The molecular weight excluding hydrogens is 200 g/mol. The van der Waals surface area contributed by atoms with Crippen LogP contribution in [0, 0.1) is 0 Å². The maximum absolute atomic E-state index is 5.41. The van der Waals surface area contributed by atoms with Crippen molar-refractivity contribution < 1.29 is 4.74 Å². The molecule has 0 aliphatic rings. The normalized spacial score (nSPS) is 10.4. The summed E-state index contributed by atoms with van der Waals surface area (Å²) < 4.78 is 7.21. The lowest BCUT2D eigenvalue weighted by molar-refractivity contribution is 0.416. The van der Waals surface area contributed by atoms with E-state index in [-0.39, 0.29) is 0 Å². The van der Waals surface area contributed by atoms with Crippen LogP contribution in [-0.2, 0) is 13.5 Å². The Bertz CT molecular complexity index is 488. The van der Waals surface area contributed by atoms with Crippen LogP contribution in [0.4, 0.5) is 0 Å². The molecule has 0 N–H and O–H groups in total. The summed E-state index contributed by atoms with van der Waals surface area (Å²) in [5.41, 5.74) is 3.46. The van der Waals surface area contributed by atoms with Crippen molar-refractivity contribution in [1.29, 1.82) is 0 Å². The number of nitrogens with zero attached hydrogens (tertiary/aromatic N) is 2. The van der Waals surface area contributed by atoms with Gasteiger partial charge in [0.25, 0.3) is 0 Å². The molecule has 1 heterocycles. The molecule has 84 valence electrons. The van der Waals surface area contributed by atoms with E-state index < -0.39 is 0 Å². The van der Waals surface area contributed by atoms with Crippen molar-refractivity contribution in [2.24, 2.45) is 7.05 Å². The van der Waals surface area contributed by atoms with E-state index in [0.29, 0.717) is 0 Å². The van der Waals surface area contributed by atoms with E-state index in [1.54, 1.807) is 11.8 Å². The van der Waals surface area contributed by atoms with E-state index in [0.717, 1.165) is 23.3 Å². The lowest BCUT2D eigenvalue weighted by Crippen LogP contribution is -1.90. The van der Waals surface area contributed by atoms with Crippen LogP contribution in [0.3, 0.4) is 0 Å². The van der Waals surface area contributed by atoms with Gasteiger partial charge in [0.15, 0.2) is 0 Å². The molecule has 0 saturated carbocycles. The maximum atomic E-state index is 5.41. The molecule has 1 aromatic heterocycles. The average Bonchev–Trinajstić information content (AvgIpc) is 2.74. The van der Waals surface area contributed by atoms with Crippen molar-refractivity contribution in [2.75, 3.05) is 7.11 Å². The molecular formula is C13H16N2O. The van der Waals surface area contributed by atoms with Gasteiger partial charge in [0.1, 0.15) is 5.75 Å². The largest absolute Gasteiger partial charge is 0.496 e. The third-order valence-electron chi connectivity index (χ3n) is 2.69. The van der Waals surface area contributed by atoms with Crippen molar-refractivity contribution in [2.45, 2.75) is 13.3 Å². The molecule has 0 amide bonds. The van der Waals surface area contributed by atoms with E-state index in [1.165, 1.54) is 5.56 Å². The predicted octanol–water partition coefficient (Wildman–Crippen LogP) is 2.66. The third kappa shape index (κ3) is 1.94. The summed E-state index contributed by atoms with van der Waals surface area (Å²) in [5.74, 6) is 0.910. The number of aromatic nitrogens is 2. The Balaban J connectivity index is 2.48. The van der Waals surface area contributed by atoms with Gasteiger partial charge in [-0.3, -0.25) is 4.68 Å². The Morgan fingerprint density at radius 2 is 2.19 bits per heavy atom. The van der Waals surface area contributed by atoms with Crippen molar-refractivity contribution >= 4 is 0 Å². The average molecular weight is 216 g/mol. The van der Waals surface area contributed by atoms with Gasteiger partial charge in [0.05, 0.1) is 13.3 Å². The molecule has 0 radical (unpaired) electrons. The summed E-state index contributed by atoms with van der Waals surface area (Å²) in [6.07, 6.45) is 4.86. The van der Waals surface area contributed by atoms with Crippen LogP contribution in [0.1, 0.15) is 12.5 Å². The minimum atomic E-state index is 0.910. The molecule has 0 bridgehead atoms. The van der Waals surface area contributed by atoms with Crippen molar-refractivity contribution in [3.05, 3.63) is 36.2 Å². The van der Waals surface area contributed by atoms with Gasteiger partial charge < -0.3 is 4.74 Å². The summed E-state index contributed by atoms with van der Waals surface area (Å²) in [6.45, 7) is 2.14. The van der Waals surface area contributed by atoms with Crippen molar-refractivity contribution in [3.63, 3.8) is 0 Å². The second-order valence-corrected chi connectivity index (χ2v) is 3.79. The first-order chi connectivity index (χ1) is 7.74. The highest BCUT2D eigenvalue weighted by Gasteiger charge is 2.07. The molecule has 0 aliphatic carbocycles. The van der Waals surface area contributed by atoms with Crippen molar-refractivity contribution in [3.8, 4) is 16.9 Å². The summed E-state index contributed by atoms with van der Waals surface area (Å²) >= 11 is 0. The SMILES string of the molecule is CCc1ccc(-c2cnn(C)c2)c(OC)c1. The smallest absolute Gasteiger partial charge is 0.127 e. The van der Waals surface area contributed by atoms with Gasteiger partial charge in [0, 0.05) is 24.4 Å². The summed E-state index contributed by atoms with van der Waals surface area (Å²) in [4.78, 5) is 0. The quantitative estimate of drug-likeness (QED) is 0.788. The Morgan fingerprint density at radius 1 is 1.38 bits per heavy atom. The Morgan fingerprint density at radius 3 is 2.75 bits per heavy atom. The fourth-order valence-corrected chi connectivity index (χ4v) is 1.75. The first kappa shape index (κ1) is 10.7. The minimum Gasteiger partial charge on any atom is -0.496 e. The molecule has 3 nitrogen and oxygen atoms in total. The highest BCUT2D eigenvalue weighted by molar-refractivity contribution is 5.69. The molecule has 0 saturated heterocycles. The number of ether oxygens (including phenoxy) is 1.